The Hall–Kier alpha value is -1.22. The first kappa shape index (κ1) is 13.8. The number of rotatable bonds is 2. The van der Waals surface area contributed by atoms with E-state index in [9.17, 15) is 44.7 Å². The average Bonchev–Trinajstić information content (AvgIpc) is 1.96. The highest BCUT2D eigenvalue weighted by Gasteiger charge is 2.78. The minimum absolute atomic E-state index is 3.66. The normalized spacial score (nSPS) is 13.9. The molecular formula is C5F8O2. The Labute approximate surface area is 75.8 Å². The van der Waals surface area contributed by atoms with Crippen molar-refractivity contribution in [2.75, 3.05) is 0 Å². The molecule has 0 radical (unpaired) electrons. The van der Waals surface area contributed by atoms with Gasteiger partial charge >= 0.3 is 24.1 Å². The van der Waals surface area contributed by atoms with Crippen LogP contribution in [0.3, 0.4) is 0 Å². The van der Waals surface area contributed by atoms with Gasteiger partial charge in [-0.25, -0.2) is 4.39 Å². The molecule has 0 atom stereocenters. The fourth-order valence-corrected chi connectivity index (χ4v) is 0.554. The number of halogens is 8. The van der Waals surface area contributed by atoms with E-state index in [0.29, 0.717) is 0 Å². The van der Waals surface area contributed by atoms with Crippen molar-refractivity contribution in [2.45, 2.75) is 18.0 Å². The first-order valence-corrected chi connectivity index (χ1v) is 2.92. The van der Waals surface area contributed by atoms with Gasteiger partial charge in [-0.15, -0.1) is 0 Å². The van der Waals surface area contributed by atoms with E-state index in [0.717, 1.165) is 0 Å². The average molecular weight is 244 g/mol. The summed E-state index contributed by atoms with van der Waals surface area (Å²) in [4.78, 5) is 19.3. The maximum atomic E-state index is 12.4. The summed E-state index contributed by atoms with van der Waals surface area (Å²) in [5, 5.41) is 0. The van der Waals surface area contributed by atoms with Crippen LogP contribution in [0, 0.1) is 0 Å². The van der Waals surface area contributed by atoms with Crippen molar-refractivity contribution < 1.29 is 44.7 Å². The van der Waals surface area contributed by atoms with Crippen LogP contribution in [-0.4, -0.2) is 29.8 Å². The molecule has 0 saturated heterocycles. The van der Waals surface area contributed by atoms with Gasteiger partial charge in [-0.05, 0) is 0 Å². The van der Waals surface area contributed by atoms with Gasteiger partial charge in [-0.2, -0.15) is 30.7 Å². The highest BCUT2D eigenvalue weighted by molar-refractivity contribution is 6.37. The summed E-state index contributed by atoms with van der Waals surface area (Å²) in [6.07, 6.45) is -13.5. The molecule has 15 heavy (non-hydrogen) atoms. The van der Waals surface area contributed by atoms with Gasteiger partial charge in [0.15, 0.2) is 0 Å². The first-order chi connectivity index (χ1) is 6.35. The summed E-state index contributed by atoms with van der Waals surface area (Å²) >= 11 is 0. The second-order valence-corrected chi connectivity index (χ2v) is 2.26. The van der Waals surface area contributed by atoms with Gasteiger partial charge in [0.1, 0.15) is 0 Å². The van der Waals surface area contributed by atoms with E-state index >= 15 is 0 Å². The molecule has 0 aromatic rings. The molecule has 0 saturated carbocycles. The number of hydrogen-bond acceptors (Lipinski definition) is 2. The van der Waals surface area contributed by atoms with Crippen LogP contribution >= 0.6 is 0 Å². The van der Waals surface area contributed by atoms with E-state index in [2.05, 4.69) is 0 Å². The molecule has 0 rings (SSSR count). The molecule has 0 heterocycles. The molecule has 0 fully saturated rings. The van der Waals surface area contributed by atoms with Gasteiger partial charge in [0.25, 0.3) is 5.78 Å². The lowest BCUT2D eigenvalue weighted by Gasteiger charge is -2.26. The Bertz CT molecular complexity index is 272. The Balaban J connectivity index is 5.64. The van der Waals surface area contributed by atoms with Crippen LogP contribution in [0.15, 0.2) is 0 Å². The van der Waals surface area contributed by atoms with Crippen LogP contribution in [-0.2, 0) is 9.59 Å². The largest absolute Gasteiger partial charge is 0.439 e. The maximum Gasteiger partial charge on any atom is 0.439 e. The Morgan fingerprint density at radius 1 is 0.733 bits per heavy atom. The monoisotopic (exact) mass is 244 g/mol. The van der Waals surface area contributed by atoms with E-state index in [1.54, 1.807) is 0 Å². The SMILES string of the molecule is O=C(F)C(=O)C(F)(C(F)(F)F)C(F)(F)F. The molecule has 0 N–H and O–H groups in total. The van der Waals surface area contributed by atoms with E-state index in [1.165, 1.54) is 0 Å². The zero-order chi connectivity index (χ0) is 12.7. The van der Waals surface area contributed by atoms with Crippen LogP contribution < -0.4 is 0 Å². The first-order valence-electron chi connectivity index (χ1n) is 2.92. The molecule has 0 bridgehead atoms. The predicted octanol–water partition coefficient (Wildman–Crippen LogP) is 1.88. The Morgan fingerprint density at radius 2 is 1.00 bits per heavy atom. The second-order valence-electron chi connectivity index (χ2n) is 2.26. The molecule has 10 heteroatoms. The Morgan fingerprint density at radius 3 is 1.07 bits per heavy atom. The number of alkyl halides is 7. The molecule has 0 aliphatic rings. The van der Waals surface area contributed by atoms with Crippen molar-refractivity contribution >= 4 is 11.8 Å². The minimum Gasteiger partial charge on any atom is -0.283 e. The Kier molecular flexibility index (Phi) is 3.14. The molecule has 0 aromatic carbocycles. The third kappa shape index (κ3) is 2.07. The van der Waals surface area contributed by atoms with E-state index in [1.807, 2.05) is 0 Å². The fourth-order valence-electron chi connectivity index (χ4n) is 0.554. The molecule has 0 aliphatic carbocycles. The van der Waals surface area contributed by atoms with Gasteiger partial charge in [0, 0.05) is 0 Å². The minimum atomic E-state index is -6.76. The summed E-state index contributed by atoms with van der Waals surface area (Å²) < 4.78 is 93.3. The van der Waals surface area contributed by atoms with Crippen molar-refractivity contribution in [1.82, 2.24) is 0 Å². The predicted molar refractivity (Wildman–Crippen MR) is 27.1 cm³/mol. The summed E-state index contributed by atoms with van der Waals surface area (Å²) in [7, 11) is 0. The van der Waals surface area contributed by atoms with Crippen molar-refractivity contribution in [3.8, 4) is 0 Å². The standard InChI is InChI=1S/C5F8O2/c6-2(15)1(14)3(7,4(8,9)10)5(11,12)13. The van der Waals surface area contributed by atoms with Gasteiger partial charge in [-0.1, -0.05) is 0 Å². The third-order valence-electron chi connectivity index (χ3n) is 1.27. The fraction of sp³-hybridized carbons (Fsp3) is 0.600. The second kappa shape index (κ2) is 3.42. The highest BCUT2D eigenvalue weighted by atomic mass is 19.4. The van der Waals surface area contributed by atoms with Crippen LogP contribution in [0.5, 0.6) is 0 Å². The van der Waals surface area contributed by atoms with Crippen molar-refractivity contribution in [3.63, 3.8) is 0 Å². The molecule has 0 spiro atoms. The van der Waals surface area contributed by atoms with Gasteiger partial charge in [0.2, 0.25) is 0 Å². The molecule has 2 nitrogen and oxygen atoms in total. The third-order valence-corrected chi connectivity index (χ3v) is 1.27. The van der Waals surface area contributed by atoms with Crippen molar-refractivity contribution in [2.24, 2.45) is 0 Å². The number of Topliss-reactive ketones (excluding diaryl/α,β-unsaturated/α-hetero) is 1. The molecule has 0 amide bonds. The van der Waals surface area contributed by atoms with Gasteiger partial charge in [0.05, 0.1) is 0 Å². The van der Waals surface area contributed by atoms with Crippen LogP contribution in [0.2, 0.25) is 0 Å². The van der Waals surface area contributed by atoms with E-state index < -0.39 is 29.8 Å². The molecule has 0 aliphatic heterocycles. The summed E-state index contributed by atoms with van der Waals surface area (Å²) in [6, 6.07) is -3.66. The van der Waals surface area contributed by atoms with Crippen LogP contribution in [0.25, 0.3) is 0 Å². The van der Waals surface area contributed by atoms with Gasteiger partial charge in [-0.3, -0.25) is 9.59 Å². The molecular weight excluding hydrogens is 244 g/mol. The highest BCUT2D eigenvalue weighted by Crippen LogP contribution is 2.46. The number of hydrogen-bond donors (Lipinski definition) is 0. The molecule has 88 valence electrons. The topological polar surface area (TPSA) is 34.1 Å². The maximum absolute atomic E-state index is 12.4. The van der Waals surface area contributed by atoms with Crippen molar-refractivity contribution in [3.05, 3.63) is 0 Å². The lowest BCUT2D eigenvalue weighted by atomic mass is 9.99. The van der Waals surface area contributed by atoms with E-state index in [4.69, 9.17) is 0 Å². The zero-order valence-corrected chi connectivity index (χ0v) is 6.34. The molecule has 0 aromatic heterocycles. The van der Waals surface area contributed by atoms with Crippen LogP contribution in [0.1, 0.15) is 0 Å². The quantitative estimate of drug-likeness (QED) is 0.422. The molecule has 0 unspecified atom stereocenters. The van der Waals surface area contributed by atoms with Gasteiger partial charge < -0.3 is 0 Å². The summed E-state index contributed by atoms with van der Waals surface area (Å²) in [5.41, 5.74) is -6.51. The van der Waals surface area contributed by atoms with Crippen molar-refractivity contribution in [1.29, 1.82) is 0 Å². The van der Waals surface area contributed by atoms with Crippen LogP contribution in [0.4, 0.5) is 35.1 Å². The summed E-state index contributed by atoms with van der Waals surface area (Å²) in [6.45, 7) is 0. The smallest absolute Gasteiger partial charge is 0.283 e. The lowest BCUT2D eigenvalue weighted by molar-refractivity contribution is -0.324. The number of carbonyl (C=O) groups excluding carboxylic acids is 2. The van der Waals surface area contributed by atoms with E-state index in [-0.39, 0.29) is 0 Å². The lowest BCUT2D eigenvalue weighted by Crippen LogP contribution is -2.60. The number of carbonyl (C=O) groups is 2. The summed E-state index contributed by atoms with van der Waals surface area (Å²) in [5.74, 6) is -3.84. The number of ketones is 1. The zero-order valence-electron chi connectivity index (χ0n) is 6.34.